The molecule has 0 fully saturated rings. The minimum absolute atomic E-state index is 0.413. The highest BCUT2D eigenvalue weighted by Gasteiger charge is 2.03. The van der Waals surface area contributed by atoms with Gasteiger partial charge in [-0.15, -0.1) is 0 Å². The SMILES string of the molecule is CS(=O)(=O)Nc1ccc(Oc2cc(CN)ccn2)cc1. The van der Waals surface area contributed by atoms with Gasteiger partial charge in [0.25, 0.3) is 0 Å². The first-order chi connectivity index (χ1) is 9.46. The predicted molar refractivity (Wildman–Crippen MR) is 77.1 cm³/mol. The van der Waals surface area contributed by atoms with Crippen molar-refractivity contribution in [2.45, 2.75) is 6.54 Å². The average Bonchev–Trinajstić information content (AvgIpc) is 2.40. The van der Waals surface area contributed by atoms with E-state index >= 15 is 0 Å². The van der Waals surface area contributed by atoms with Crippen molar-refractivity contribution in [3.63, 3.8) is 0 Å². The Kier molecular flexibility index (Phi) is 4.21. The Bertz CT molecular complexity index is 684. The minimum atomic E-state index is -3.27. The molecule has 1 aromatic carbocycles. The van der Waals surface area contributed by atoms with Gasteiger partial charge in [-0.05, 0) is 35.9 Å². The molecule has 0 aliphatic heterocycles. The van der Waals surface area contributed by atoms with Crippen LogP contribution in [0.3, 0.4) is 0 Å². The van der Waals surface area contributed by atoms with Crippen LogP contribution in [0.25, 0.3) is 0 Å². The van der Waals surface area contributed by atoms with Crippen LogP contribution >= 0.6 is 0 Å². The average molecular weight is 293 g/mol. The highest BCUT2D eigenvalue weighted by Crippen LogP contribution is 2.22. The lowest BCUT2D eigenvalue weighted by atomic mass is 10.3. The smallest absolute Gasteiger partial charge is 0.229 e. The number of hydrogen-bond acceptors (Lipinski definition) is 5. The molecule has 2 aromatic rings. The van der Waals surface area contributed by atoms with E-state index in [0.717, 1.165) is 11.8 Å². The number of hydrogen-bond donors (Lipinski definition) is 2. The first-order valence-electron chi connectivity index (χ1n) is 5.87. The van der Waals surface area contributed by atoms with Crippen LogP contribution < -0.4 is 15.2 Å². The van der Waals surface area contributed by atoms with E-state index in [4.69, 9.17) is 10.5 Å². The molecule has 7 heteroatoms. The molecule has 3 N–H and O–H groups in total. The molecule has 0 radical (unpaired) electrons. The van der Waals surface area contributed by atoms with Gasteiger partial charge in [0.15, 0.2) is 0 Å². The summed E-state index contributed by atoms with van der Waals surface area (Å²) >= 11 is 0. The van der Waals surface area contributed by atoms with E-state index in [0.29, 0.717) is 23.9 Å². The van der Waals surface area contributed by atoms with Crippen molar-refractivity contribution < 1.29 is 13.2 Å². The van der Waals surface area contributed by atoms with Crippen molar-refractivity contribution in [1.29, 1.82) is 0 Å². The first kappa shape index (κ1) is 14.3. The second kappa shape index (κ2) is 5.89. The predicted octanol–water partition coefficient (Wildman–Crippen LogP) is 1.70. The Morgan fingerprint density at radius 1 is 1.25 bits per heavy atom. The number of sulfonamides is 1. The van der Waals surface area contributed by atoms with Gasteiger partial charge < -0.3 is 10.5 Å². The maximum Gasteiger partial charge on any atom is 0.229 e. The molecule has 0 bridgehead atoms. The molecule has 0 saturated carbocycles. The first-order valence-corrected chi connectivity index (χ1v) is 7.76. The van der Waals surface area contributed by atoms with Crippen LogP contribution in [0.1, 0.15) is 5.56 Å². The number of rotatable bonds is 5. The zero-order valence-electron chi connectivity index (χ0n) is 10.9. The summed E-state index contributed by atoms with van der Waals surface area (Å²) in [6, 6.07) is 10.1. The van der Waals surface area contributed by atoms with Gasteiger partial charge in [-0.3, -0.25) is 4.72 Å². The Hall–Kier alpha value is -2.12. The molecule has 6 nitrogen and oxygen atoms in total. The number of nitrogens with zero attached hydrogens (tertiary/aromatic N) is 1. The molecule has 0 atom stereocenters. The van der Waals surface area contributed by atoms with Gasteiger partial charge >= 0.3 is 0 Å². The topological polar surface area (TPSA) is 94.3 Å². The molecule has 0 aliphatic rings. The molecule has 1 aromatic heterocycles. The van der Waals surface area contributed by atoms with Crippen LogP contribution in [0.2, 0.25) is 0 Å². The van der Waals surface area contributed by atoms with Crippen LogP contribution in [0, 0.1) is 0 Å². The lowest BCUT2D eigenvalue weighted by molar-refractivity contribution is 0.462. The van der Waals surface area contributed by atoms with Crippen LogP contribution in [0.4, 0.5) is 5.69 Å². The fraction of sp³-hybridized carbons (Fsp3) is 0.154. The van der Waals surface area contributed by atoms with E-state index in [-0.39, 0.29) is 0 Å². The molecule has 0 saturated heterocycles. The van der Waals surface area contributed by atoms with Gasteiger partial charge in [0.05, 0.1) is 6.26 Å². The fourth-order valence-electron chi connectivity index (χ4n) is 1.56. The van der Waals surface area contributed by atoms with Gasteiger partial charge in [-0.2, -0.15) is 0 Å². The molecule has 0 aliphatic carbocycles. The summed E-state index contributed by atoms with van der Waals surface area (Å²) < 4.78 is 30.1. The van der Waals surface area contributed by atoms with E-state index in [1.54, 1.807) is 36.5 Å². The van der Waals surface area contributed by atoms with Crippen LogP contribution in [0.15, 0.2) is 42.6 Å². The molecule has 106 valence electrons. The van der Waals surface area contributed by atoms with Gasteiger partial charge in [-0.1, -0.05) is 0 Å². The monoisotopic (exact) mass is 293 g/mol. The molecule has 0 amide bonds. The summed E-state index contributed by atoms with van der Waals surface area (Å²) in [5.41, 5.74) is 6.94. The quantitative estimate of drug-likeness (QED) is 0.875. The largest absolute Gasteiger partial charge is 0.439 e. The summed E-state index contributed by atoms with van der Waals surface area (Å²) in [6.45, 7) is 0.413. The third kappa shape index (κ3) is 4.22. The Morgan fingerprint density at radius 2 is 1.95 bits per heavy atom. The lowest BCUT2D eigenvalue weighted by Gasteiger charge is -2.07. The molecular formula is C13H15N3O3S. The Labute approximate surface area is 117 Å². The molecule has 20 heavy (non-hydrogen) atoms. The molecule has 1 heterocycles. The Morgan fingerprint density at radius 3 is 2.55 bits per heavy atom. The maximum atomic E-state index is 11.1. The van der Waals surface area contributed by atoms with E-state index in [1.807, 2.05) is 6.07 Å². The van der Waals surface area contributed by atoms with Crippen molar-refractivity contribution in [3.8, 4) is 11.6 Å². The zero-order valence-corrected chi connectivity index (χ0v) is 11.7. The molecule has 0 unspecified atom stereocenters. The van der Waals surface area contributed by atoms with Crippen LogP contribution in [-0.2, 0) is 16.6 Å². The van der Waals surface area contributed by atoms with E-state index in [2.05, 4.69) is 9.71 Å². The zero-order chi connectivity index (χ0) is 14.6. The van der Waals surface area contributed by atoms with Crippen LogP contribution in [-0.4, -0.2) is 19.7 Å². The van der Waals surface area contributed by atoms with Crippen molar-refractivity contribution in [2.75, 3.05) is 11.0 Å². The summed E-state index contributed by atoms with van der Waals surface area (Å²) in [7, 11) is -3.27. The fourth-order valence-corrected chi connectivity index (χ4v) is 2.12. The molecule has 0 spiro atoms. The van der Waals surface area contributed by atoms with E-state index in [1.165, 1.54) is 0 Å². The van der Waals surface area contributed by atoms with Crippen molar-refractivity contribution in [2.24, 2.45) is 5.73 Å². The van der Waals surface area contributed by atoms with Gasteiger partial charge in [0.2, 0.25) is 15.9 Å². The highest BCUT2D eigenvalue weighted by molar-refractivity contribution is 7.92. The van der Waals surface area contributed by atoms with Gasteiger partial charge in [0.1, 0.15) is 5.75 Å². The number of ether oxygens (including phenoxy) is 1. The summed E-state index contributed by atoms with van der Waals surface area (Å²) in [5, 5.41) is 0. The van der Waals surface area contributed by atoms with E-state index < -0.39 is 10.0 Å². The highest BCUT2D eigenvalue weighted by atomic mass is 32.2. The maximum absolute atomic E-state index is 11.1. The standard InChI is InChI=1S/C13H15N3O3S/c1-20(17,18)16-11-2-4-12(5-3-11)19-13-8-10(9-14)6-7-15-13/h2-8,16H,9,14H2,1H3. The normalized spacial score (nSPS) is 11.1. The van der Waals surface area contributed by atoms with Crippen LogP contribution in [0.5, 0.6) is 11.6 Å². The number of nitrogens with one attached hydrogen (secondary N) is 1. The minimum Gasteiger partial charge on any atom is -0.439 e. The van der Waals surface area contributed by atoms with Crippen molar-refractivity contribution in [1.82, 2.24) is 4.98 Å². The van der Waals surface area contributed by atoms with Crippen molar-refractivity contribution >= 4 is 15.7 Å². The number of pyridine rings is 1. The summed E-state index contributed by atoms with van der Waals surface area (Å²) in [5.74, 6) is 1.00. The number of anilines is 1. The number of nitrogens with two attached hydrogens (primary N) is 1. The summed E-state index contributed by atoms with van der Waals surface area (Å²) in [6.07, 6.45) is 2.72. The second-order valence-corrected chi connectivity index (χ2v) is 5.96. The Balaban J connectivity index is 2.10. The third-order valence-corrected chi connectivity index (χ3v) is 3.02. The molecular weight excluding hydrogens is 278 g/mol. The molecule has 2 rings (SSSR count). The van der Waals surface area contributed by atoms with Gasteiger partial charge in [0, 0.05) is 24.5 Å². The summed E-state index contributed by atoms with van der Waals surface area (Å²) in [4.78, 5) is 4.08. The number of aromatic nitrogens is 1. The third-order valence-electron chi connectivity index (χ3n) is 2.41. The second-order valence-electron chi connectivity index (χ2n) is 4.21. The van der Waals surface area contributed by atoms with E-state index in [9.17, 15) is 8.42 Å². The lowest BCUT2D eigenvalue weighted by Crippen LogP contribution is -2.09. The van der Waals surface area contributed by atoms with Crippen molar-refractivity contribution in [3.05, 3.63) is 48.2 Å². The number of benzene rings is 1. The van der Waals surface area contributed by atoms with Gasteiger partial charge in [-0.25, -0.2) is 13.4 Å².